The molecule has 2 aliphatic heterocycles. The maximum absolute atomic E-state index is 13.1. The molecule has 1 saturated heterocycles. The Kier molecular flexibility index (Phi) is 5.50. The van der Waals surface area contributed by atoms with Crippen molar-refractivity contribution in [3.8, 4) is 11.5 Å². The fourth-order valence-corrected chi connectivity index (χ4v) is 5.75. The van der Waals surface area contributed by atoms with Crippen molar-refractivity contribution in [2.24, 2.45) is 5.92 Å². The van der Waals surface area contributed by atoms with Crippen LogP contribution in [0.25, 0.3) is 0 Å². The zero-order chi connectivity index (χ0) is 22.2. The summed E-state index contributed by atoms with van der Waals surface area (Å²) >= 11 is 1.45. The van der Waals surface area contributed by atoms with E-state index in [0.29, 0.717) is 27.8 Å². The highest BCUT2D eigenvalue weighted by Crippen LogP contribution is 2.40. The molecule has 0 spiro atoms. The Morgan fingerprint density at radius 1 is 1.22 bits per heavy atom. The largest absolute Gasteiger partial charge is 0.462 e. The molecule has 1 N–H and O–H groups in total. The monoisotopic (exact) mass is 456 g/mol. The average molecular weight is 457 g/mol. The Balaban J connectivity index is 1.34. The third-order valence-corrected chi connectivity index (χ3v) is 7.26. The lowest BCUT2D eigenvalue weighted by atomic mass is 9.95. The quantitative estimate of drug-likeness (QED) is 0.692. The molecular weight excluding hydrogens is 432 g/mol. The smallest absolute Gasteiger partial charge is 0.341 e. The predicted octanol–water partition coefficient (Wildman–Crippen LogP) is 3.52. The van der Waals surface area contributed by atoms with Gasteiger partial charge >= 0.3 is 5.97 Å². The van der Waals surface area contributed by atoms with Gasteiger partial charge in [0.1, 0.15) is 5.00 Å². The number of carbonyl (C=O) groups is 3. The van der Waals surface area contributed by atoms with Crippen LogP contribution >= 0.6 is 11.3 Å². The first kappa shape index (κ1) is 20.8. The van der Waals surface area contributed by atoms with Crippen LogP contribution in [-0.4, -0.2) is 37.7 Å². The molecule has 168 valence electrons. The summed E-state index contributed by atoms with van der Waals surface area (Å²) in [7, 11) is 0. The van der Waals surface area contributed by atoms with Gasteiger partial charge in [0.05, 0.1) is 18.1 Å². The summed E-state index contributed by atoms with van der Waals surface area (Å²) in [5, 5.41) is 3.47. The number of fused-ring (bicyclic) bond motifs is 2. The summed E-state index contributed by atoms with van der Waals surface area (Å²) in [6.45, 7) is 2.47. The number of ether oxygens (including phenoxy) is 3. The van der Waals surface area contributed by atoms with Gasteiger partial charge in [0.25, 0.3) is 0 Å². The van der Waals surface area contributed by atoms with Gasteiger partial charge in [-0.05, 0) is 50.3 Å². The molecule has 0 bridgehead atoms. The zero-order valence-corrected chi connectivity index (χ0v) is 18.6. The van der Waals surface area contributed by atoms with Gasteiger partial charge in [0.15, 0.2) is 11.5 Å². The van der Waals surface area contributed by atoms with Gasteiger partial charge in [0, 0.05) is 29.6 Å². The topological polar surface area (TPSA) is 94.2 Å². The van der Waals surface area contributed by atoms with Crippen molar-refractivity contribution in [1.29, 1.82) is 0 Å². The number of hydrogen-bond acceptors (Lipinski definition) is 7. The third-order valence-electron chi connectivity index (χ3n) is 6.05. The van der Waals surface area contributed by atoms with Crippen LogP contribution in [0, 0.1) is 5.92 Å². The SMILES string of the molecule is CCOC(=O)c1c(NC(=O)C2CC(=O)N(c3ccc4c(c3)OCO4)C2)sc2c1CCCC2. The van der Waals surface area contributed by atoms with E-state index in [4.69, 9.17) is 14.2 Å². The van der Waals surface area contributed by atoms with E-state index in [1.54, 1.807) is 30.0 Å². The number of benzene rings is 1. The Bertz CT molecular complexity index is 1090. The molecule has 1 fully saturated rings. The van der Waals surface area contributed by atoms with Gasteiger partial charge in [-0.1, -0.05) is 0 Å². The maximum atomic E-state index is 13.1. The van der Waals surface area contributed by atoms with Crippen LogP contribution in [0.2, 0.25) is 0 Å². The number of nitrogens with one attached hydrogen (secondary N) is 1. The van der Waals surface area contributed by atoms with Gasteiger partial charge in [-0.3, -0.25) is 9.59 Å². The molecule has 0 radical (unpaired) electrons. The van der Waals surface area contributed by atoms with Crippen LogP contribution in [-0.2, 0) is 27.2 Å². The van der Waals surface area contributed by atoms with Crippen LogP contribution < -0.4 is 19.7 Å². The number of anilines is 2. The van der Waals surface area contributed by atoms with E-state index in [1.165, 1.54) is 11.3 Å². The second-order valence-corrected chi connectivity index (χ2v) is 9.17. The molecule has 1 unspecified atom stereocenters. The Labute approximate surface area is 189 Å². The highest BCUT2D eigenvalue weighted by Gasteiger charge is 2.37. The summed E-state index contributed by atoms with van der Waals surface area (Å²) in [4.78, 5) is 41.1. The minimum Gasteiger partial charge on any atom is -0.462 e. The lowest BCUT2D eigenvalue weighted by Gasteiger charge is -2.17. The van der Waals surface area contributed by atoms with Crippen LogP contribution in [0.3, 0.4) is 0 Å². The number of nitrogens with zero attached hydrogens (tertiary/aromatic N) is 1. The first-order valence-electron chi connectivity index (χ1n) is 10.9. The van der Waals surface area contributed by atoms with Crippen molar-refractivity contribution in [3.63, 3.8) is 0 Å². The molecule has 5 rings (SSSR count). The van der Waals surface area contributed by atoms with Crippen LogP contribution in [0.5, 0.6) is 11.5 Å². The molecule has 1 aromatic heterocycles. The van der Waals surface area contributed by atoms with Gasteiger partial charge in [0.2, 0.25) is 18.6 Å². The molecule has 1 aliphatic carbocycles. The maximum Gasteiger partial charge on any atom is 0.341 e. The van der Waals surface area contributed by atoms with E-state index in [9.17, 15) is 14.4 Å². The van der Waals surface area contributed by atoms with Crippen molar-refractivity contribution >= 4 is 39.8 Å². The zero-order valence-electron chi connectivity index (χ0n) is 17.8. The first-order chi connectivity index (χ1) is 15.5. The molecule has 0 saturated carbocycles. The minimum absolute atomic E-state index is 0.111. The molecule has 2 aromatic rings. The van der Waals surface area contributed by atoms with Crippen LogP contribution in [0.1, 0.15) is 47.0 Å². The molecule has 9 heteroatoms. The number of thiophene rings is 1. The fraction of sp³-hybridized carbons (Fsp3) is 0.435. The van der Waals surface area contributed by atoms with E-state index in [2.05, 4.69) is 5.32 Å². The van der Waals surface area contributed by atoms with Gasteiger partial charge < -0.3 is 24.4 Å². The number of hydrogen-bond donors (Lipinski definition) is 1. The normalized spacial score (nSPS) is 19.1. The van der Waals surface area contributed by atoms with E-state index >= 15 is 0 Å². The van der Waals surface area contributed by atoms with Crippen LogP contribution in [0.15, 0.2) is 18.2 Å². The van der Waals surface area contributed by atoms with E-state index in [1.807, 2.05) is 0 Å². The second kappa shape index (κ2) is 8.46. The molecule has 3 aliphatic rings. The lowest BCUT2D eigenvalue weighted by molar-refractivity contribution is -0.122. The summed E-state index contributed by atoms with van der Waals surface area (Å²) in [5.41, 5.74) is 2.16. The van der Waals surface area contributed by atoms with Crippen molar-refractivity contribution in [2.75, 3.05) is 30.2 Å². The average Bonchev–Trinajstić information content (AvgIpc) is 3.49. The number of esters is 1. The minimum atomic E-state index is -0.512. The first-order valence-corrected chi connectivity index (χ1v) is 11.7. The van der Waals surface area contributed by atoms with Crippen molar-refractivity contribution in [1.82, 2.24) is 0 Å². The number of carbonyl (C=O) groups excluding carboxylic acids is 3. The highest BCUT2D eigenvalue weighted by atomic mass is 32.1. The lowest BCUT2D eigenvalue weighted by Crippen LogP contribution is -2.28. The van der Waals surface area contributed by atoms with Crippen molar-refractivity contribution in [3.05, 3.63) is 34.2 Å². The number of aryl methyl sites for hydroxylation is 1. The predicted molar refractivity (Wildman–Crippen MR) is 119 cm³/mol. The number of rotatable bonds is 5. The standard InChI is InChI=1S/C23H24N2O6S/c1-2-29-23(28)20-15-5-3-4-6-18(15)32-22(20)24-21(27)13-9-19(26)25(11-13)14-7-8-16-17(10-14)31-12-30-16/h7-8,10,13H,2-6,9,11-12H2,1H3,(H,24,27). The Morgan fingerprint density at radius 2 is 2.03 bits per heavy atom. The summed E-state index contributed by atoms with van der Waals surface area (Å²) in [6, 6.07) is 5.31. The van der Waals surface area contributed by atoms with Gasteiger partial charge in [-0.15, -0.1) is 11.3 Å². The van der Waals surface area contributed by atoms with E-state index < -0.39 is 11.9 Å². The molecule has 3 heterocycles. The highest BCUT2D eigenvalue weighted by molar-refractivity contribution is 7.17. The van der Waals surface area contributed by atoms with Crippen molar-refractivity contribution in [2.45, 2.75) is 39.0 Å². The van der Waals surface area contributed by atoms with Gasteiger partial charge in [-0.2, -0.15) is 0 Å². The Hall–Kier alpha value is -3.07. The molecule has 8 nitrogen and oxygen atoms in total. The van der Waals surface area contributed by atoms with Gasteiger partial charge in [-0.25, -0.2) is 4.79 Å². The molecule has 1 aromatic carbocycles. The summed E-state index contributed by atoms with van der Waals surface area (Å²) in [5.74, 6) is -0.0612. The number of amides is 2. The molecule has 2 amide bonds. The molecule has 1 atom stereocenters. The van der Waals surface area contributed by atoms with Crippen molar-refractivity contribution < 1.29 is 28.6 Å². The van der Waals surface area contributed by atoms with E-state index in [0.717, 1.165) is 36.1 Å². The second-order valence-electron chi connectivity index (χ2n) is 8.07. The summed E-state index contributed by atoms with van der Waals surface area (Å²) < 4.78 is 16.0. The fourth-order valence-electron chi connectivity index (χ4n) is 4.47. The van der Waals surface area contributed by atoms with E-state index in [-0.39, 0.29) is 38.2 Å². The van der Waals surface area contributed by atoms with Crippen LogP contribution in [0.4, 0.5) is 10.7 Å². The third kappa shape index (κ3) is 3.70. The molecular formula is C23H24N2O6S. The molecule has 32 heavy (non-hydrogen) atoms. The Morgan fingerprint density at radius 3 is 2.88 bits per heavy atom. The summed E-state index contributed by atoms with van der Waals surface area (Å²) in [6.07, 6.45) is 3.92.